The summed E-state index contributed by atoms with van der Waals surface area (Å²) in [6, 6.07) is 14.8. The standard InChI is InChI=1S/C20H23N/c1-5-17(15(2)3)11-10-16(4)21-20-13-12-18-8-6-7-9-19(18)14-20/h6-14,21H,2,5H2,1,3-4H3/b16-10+,17-11-. The molecule has 0 aromatic heterocycles. The molecule has 0 unspecified atom stereocenters. The number of nitrogens with one attached hydrogen (secondary N) is 1. The van der Waals surface area contributed by atoms with Gasteiger partial charge in [-0.05, 0) is 54.8 Å². The monoisotopic (exact) mass is 277 g/mol. The van der Waals surface area contributed by atoms with Crippen molar-refractivity contribution in [3.63, 3.8) is 0 Å². The minimum Gasteiger partial charge on any atom is -0.359 e. The largest absolute Gasteiger partial charge is 0.359 e. The molecule has 0 saturated heterocycles. The highest BCUT2D eigenvalue weighted by Gasteiger charge is 1.97. The van der Waals surface area contributed by atoms with Crippen LogP contribution in [0, 0.1) is 0 Å². The van der Waals surface area contributed by atoms with Gasteiger partial charge in [0.1, 0.15) is 0 Å². The summed E-state index contributed by atoms with van der Waals surface area (Å²) in [5.41, 5.74) is 4.66. The first-order valence-electron chi connectivity index (χ1n) is 7.39. The highest BCUT2D eigenvalue weighted by atomic mass is 14.9. The average Bonchev–Trinajstić information content (AvgIpc) is 2.47. The summed E-state index contributed by atoms with van der Waals surface area (Å²) in [5, 5.41) is 5.96. The number of hydrogen-bond donors (Lipinski definition) is 1. The molecule has 0 aliphatic carbocycles. The maximum absolute atomic E-state index is 4.00. The van der Waals surface area contributed by atoms with Gasteiger partial charge in [0.2, 0.25) is 0 Å². The molecule has 0 bridgehead atoms. The van der Waals surface area contributed by atoms with E-state index in [9.17, 15) is 0 Å². The molecule has 2 rings (SSSR count). The molecule has 2 aromatic carbocycles. The van der Waals surface area contributed by atoms with Gasteiger partial charge in [-0.2, -0.15) is 0 Å². The molecule has 108 valence electrons. The van der Waals surface area contributed by atoms with E-state index < -0.39 is 0 Å². The minimum atomic E-state index is 1.01. The second-order valence-electron chi connectivity index (χ2n) is 5.36. The van der Waals surface area contributed by atoms with Crippen LogP contribution < -0.4 is 5.32 Å². The molecule has 0 amide bonds. The van der Waals surface area contributed by atoms with Crippen LogP contribution in [0.5, 0.6) is 0 Å². The molecule has 0 spiro atoms. The Balaban J connectivity index is 2.17. The van der Waals surface area contributed by atoms with Gasteiger partial charge < -0.3 is 5.32 Å². The van der Waals surface area contributed by atoms with E-state index >= 15 is 0 Å². The van der Waals surface area contributed by atoms with Crippen LogP contribution in [-0.4, -0.2) is 0 Å². The lowest BCUT2D eigenvalue weighted by Crippen LogP contribution is -1.95. The van der Waals surface area contributed by atoms with Crippen molar-refractivity contribution >= 4 is 16.5 Å². The second kappa shape index (κ2) is 6.94. The molecule has 2 aromatic rings. The maximum Gasteiger partial charge on any atom is 0.0388 e. The summed E-state index contributed by atoms with van der Waals surface area (Å²) in [5.74, 6) is 0. The summed E-state index contributed by atoms with van der Waals surface area (Å²) in [6.45, 7) is 10.3. The normalized spacial score (nSPS) is 12.5. The van der Waals surface area contributed by atoms with Crippen molar-refractivity contribution in [2.24, 2.45) is 0 Å². The van der Waals surface area contributed by atoms with Crippen molar-refractivity contribution < 1.29 is 0 Å². The summed E-state index contributed by atoms with van der Waals surface area (Å²) in [6.07, 6.45) is 5.27. The predicted octanol–water partition coefficient (Wildman–Crippen LogP) is 6.07. The van der Waals surface area contributed by atoms with Crippen molar-refractivity contribution in [3.05, 3.63) is 78.0 Å². The first kappa shape index (κ1) is 15.1. The van der Waals surface area contributed by atoms with E-state index in [1.54, 1.807) is 0 Å². The summed E-state index contributed by atoms with van der Waals surface area (Å²) in [4.78, 5) is 0. The molecule has 0 heterocycles. The average molecular weight is 277 g/mol. The van der Waals surface area contributed by atoms with E-state index in [1.165, 1.54) is 16.3 Å². The fraction of sp³-hybridized carbons (Fsp3) is 0.200. The number of anilines is 1. The Kier molecular flexibility index (Phi) is 4.99. The predicted molar refractivity (Wildman–Crippen MR) is 94.5 cm³/mol. The van der Waals surface area contributed by atoms with Gasteiger partial charge in [-0.25, -0.2) is 0 Å². The topological polar surface area (TPSA) is 12.0 Å². The molecule has 1 nitrogen and oxygen atoms in total. The Morgan fingerprint density at radius 3 is 2.43 bits per heavy atom. The van der Waals surface area contributed by atoms with Crippen LogP contribution in [0.15, 0.2) is 78.0 Å². The summed E-state index contributed by atoms with van der Waals surface area (Å²) >= 11 is 0. The molecule has 21 heavy (non-hydrogen) atoms. The molecular weight excluding hydrogens is 254 g/mol. The molecule has 0 atom stereocenters. The van der Waals surface area contributed by atoms with E-state index in [-0.39, 0.29) is 0 Å². The molecule has 0 aliphatic rings. The van der Waals surface area contributed by atoms with Gasteiger partial charge in [0.25, 0.3) is 0 Å². The van der Waals surface area contributed by atoms with Gasteiger partial charge in [-0.15, -0.1) is 0 Å². The van der Waals surface area contributed by atoms with Crippen LogP contribution in [0.4, 0.5) is 5.69 Å². The second-order valence-corrected chi connectivity index (χ2v) is 5.36. The Labute approximate surface area is 127 Å². The van der Waals surface area contributed by atoms with Crippen molar-refractivity contribution in [1.82, 2.24) is 0 Å². The quantitative estimate of drug-likeness (QED) is 0.654. The first-order chi connectivity index (χ1) is 10.1. The Morgan fingerprint density at radius 2 is 1.76 bits per heavy atom. The van der Waals surface area contributed by atoms with Crippen molar-refractivity contribution in [2.45, 2.75) is 27.2 Å². The van der Waals surface area contributed by atoms with Crippen molar-refractivity contribution in [2.75, 3.05) is 5.32 Å². The zero-order chi connectivity index (χ0) is 15.2. The van der Waals surface area contributed by atoms with E-state index in [0.29, 0.717) is 0 Å². The molecule has 0 saturated carbocycles. The summed E-state index contributed by atoms with van der Waals surface area (Å²) < 4.78 is 0. The Bertz CT molecular complexity index is 705. The smallest absolute Gasteiger partial charge is 0.0388 e. The van der Waals surface area contributed by atoms with Crippen LogP contribution in [-0.2, 0) is 0 Å². The van der Waals surface area contributed by atoms with Crippen molar-refractivity contribution in [3.8, 4) is 0 Å². The van der Waals surface area contributed by atoms with Gasteiger partial charge in [0, 0.05) is 11.4 Å². The highest BCUT2D eigenvalue weighted by molar-refractivity contribution is 5.85. The fourth-order valence-corrected chi connectivity index (χ4v) is 2.32. The third-order valence-electron chi connectivity index (χ3n) is 3.55. The molecule has 0 fully saturated rings. The number of hydrogen-bond acceptors (Lipinski definition) is 1. The Hall–Kier alpha value is -2.28. The SMILES string of the molecule is C=C(C)/C(=C\C=C(/C)Nc1ccc2ccccc2c1)CC. The van der Waals surface area contributed by atoms with Crippen LogP contribution in [0.25, 0.3) is 10.8 Å². The van der Waals surface area contributed by atoms with E-state index in [1.807, 2.05) is 0 Å². The van der Waals surface area contributed by atoms with Gasteiger partial charge in [0.15, 0.2) is 0 Å². The molecular formula is C20H23N. The van der Waals surface area contributed by atoms with E-state index in [0.717, 1.165) is 23.4 Å². The number of benzene rings is 2. The van der Waals surface area contributed by atoms with E-state index in [4.69, 9.17) is 0 Å². The third-order valence-corrected chi connectivity index (χ3v) is 3.55. The number of allylic oxidation sites excluding steroid dienone is 5. The van der Waals surface area contributed by atoms with Gasteiger partial charge in [-0.3, -0.25) is 0 Å². The van der Waals surface area contributed by atoms with Crippen LogP contribution in [0.1, 0.15) is 27.2 Å². The zero-order valence-electron chi connectivity index (χ0n) is 13.1. The van der Waals surface area contributed by atoms with Crippen LogP contribution >= 0.6 is 0 Å². The summed E-state index contributed by atoms with van der Waals surface area (Å²) in [7, 11) is 0. The highest BCUT2D eigenvalue weighted by Crippen LogP contribution is 2.20. The lowest BCUT2D eigenvalue weighted by Gasteiger charge is -2.08. The third kappa shape index (κ3) is 4.09. The number of rotatable bonds is 5. The van der Waals surface area contributed by atoms with Gasteiger partial charge >= 0.3 is 0 Å². The van der Waals surface area contributed by atoms with E-state index in [2.05, 4.69) is 87.3 Å². The van der Waals surface area contributed by atoms with Crippen LogP contribution in [0.3, 0.4) is 0 Å². The zero-order valence-corrected chi connectivity index (χ0v) is 13.1. The molecule has 1 N–H and O–H groups in total. The van der Waals surface area contributed by atoms with Crippen LogP contribution in [0.2, 0.25) is 0 Å². The van der Waals surface area contributed by atoms with Crippen molar-refractivity contribution in [1.29, 1.82) is 0 Å². The maximum atomic E-state index is 4.00. The van der Waals surface area contributed by atoms with Gasteiger partial charge in [-0.1, -0.05) is 55.5 Å². The molecule has 0 aliphatic heterocycles. The minimum absolute atomic E-state index is 1.01. The lowest BCUT2D eigenvalue weighted by molar-refractivity contribution is 1.11. The molecule has 0 radical (unpaired) electrons. The van der Waals surface area contributed by atoms with Gasteiger partial charge in [0.05, 0.1) is 0 Å². The fourth-order valence-electron chi connectivity index (χ4n) is 2.32. The number of fused-ring (bicyclic) bond motifs is 1. The lowest BCUT2D eigenvalue weighted by atomic mass is 10.1. The Morgan fingerprint density at radius 1 is 1.05 bits per heavy atom. The molecule has 1 heteroatoms. The first-order valence-corrected chi connectivity index (χ1v) is 7.39.